The highest BCUT2D eigenvalue weighted by Gasteiger charge is 2.13. The quantitative estimate of drug-likeness (QED) is 0.771. The summed E-state index contributed by atoms with van der Waals surface area (Å²) in [5, 5.41) is 0. The summed E-state index contributed by atoms with van der Waals surface area (Å²) in [4.78, 5) is 2.39. The van der Waals surface area contributed by atoms with Gasteiger partial charge in [0.1, 0.15) is 0 Å². The Balaban J connectivity index is 1.60. The largest absolute Gasteiger partial charge is 0.298 e. The number of fused-ring (bicyclic) bond motifs is 1. The number of likely N-dealkylation sites (N-methyl/N-ethyl adjacent to an activating group) is 1. The molecule has 0 heterocycles. The third kappa shape index (κ3) is 3.86. The Bertz CT molecular complexity index is 628. The first-order valence-electron chi connectivity index (χ1n) is 8.33. The van der Waals surface area contributed by atoms with E-state index in [1.54, 1.807) is 11.1 Å². The SMILES string of the molecule is CN(C/C=C/c1ccccc1)Cc1cccc2c1CCCC2. The Morgan fingerprint density at radius 1 is 0.955 bits per heavy atom. The van der Waals surface area contributed by atoms with Gasteiger partial charge in [0.2, 0.25) is 0 Å². The maximum atomic E-state index is 2.39. The average molecular weight is 291 g/mol. The number of benzene rings is 2. The predicted octanol–water partition coefficient (Wildman–Crippen LogP) is 4.71. The molecule has 2 aromatic carbocycles. The molecule has 1 nitrogen and oxygen atoms in total. The van der Waals surface area contributed by atoms with Crippen LogP contribution in [0.25, 0.3) is 6.08 Å². The Morgan fingerprint density at radius 3 is 2.64 bits per heavy atom. The molecule has 0 saturated carbocycles. The summed E-state index contributed by atoms with van der Waals surface area (Å²) in [6.07, 6.45) is 9.69. The first-order chi connectivity index (χ1) is 10.8. The van der Waals surface area contributed by atoms with Crippen LogP contribution < -0.4 is 0 Å². The maximum absolute atomic E-state index is 2.39. The van der Waals surface area contributed by atoms with Gasteiger partial charge < -0.3 is 0 Å². The zero-order chi connectivity index (χ0) is 15.2. The molecule has 114 valence electrons. The van der Waals surface area contributed by atoms with E-state index >= 15 is 0 Å². The van der Waals surface area contributed by atoms with E-state index in [1.807, 2.05) is 0 Å². The highest BCUT2D eigenvalue weighted by molar-refractivity contribution is 5.48. The van der Waals surface area contributed by atoms with Gasteiger partial charge in [0.25, 0.3) is 0 Å². The fourth-order valence-electron chi connectivity index (χ4n) is 3.30. The molecule has 1 aliphatic carbocycles. The molecule has 0 amide bonds. The molecular weight excluding hydrogens is 266 g/mol. The van der Waals surface area contributed by atoms with Crippen LogP contribution in [0.4, 0.5) is 0 Å². The molecule has 0 saturated heterocycles. The molecule has 1 aliphatic rings. The van der Waals surface area contributed by atoms with E-state index in [0.29, 0.717) is 0 Å². The molecule has 0 bridgehead atoms. The van der Waals surface area contributed by atoms with Crippen molar-refractivity contribution in [1.29, 1.82) is 0 Å². The first-order valence-corrected chi connectivity index (χ1v) is 8.33. The van der Waals surface area contributed by atoms with Gasteiger partial charge in [-0.1, -0.05) is 60.7 Å². The number of hydrogen-bond acceptors (Lipinski definition) is 1. The third-order valence-corrected chi connectivity index (χ3v) is 4.46. The molecule has 0 aromatic heterocycles. The van der Waals surface area contributed by atoms with Gasteiger partial charge in [0.15, 0.2) is 0 Å². The highest BCUT2D eigenvalue weighted by atomic mass is 15.1. The lowest BCUT2D eigenvalue weighted by atomic mass is 9.88. The molecule has 0 aliphatic heterocycles. The Hall–Kier alpha value is -1.86. The van der Waals surface area contributed by atoms with Crippen molar-refractivity contribution in [3.8, 4) is 0 Å². The van der Waals surface area contributed by atoms with Crippen LogP contribution in [0.3, 0.4) is 0 Å². The van der Waals surface area contributed by atoms with Crippen molar-refractivity contribution in [2.24, 2.45) is 0 Å². The summed E-state index contributed by atoms with van der Waals surface area (Å²) in [5.74, 6) is 0. The second-order valence-electron chi connectivity index (χ2n) is 6.27. The van der Waals surface area contributed by atoms with Crippen LogP contribution in [0.2, 0.25) is 0 Å². The van der Waals surface area contributed by atoms with Crippen LogP contribution in [0, 0.1) is 0 Å². The summed E-state index contributed by atoms with van der Waals surface area (Å²) in [6.45, 7) is 2.03. The van der Waals surface area contributed by atoms with Crippen LogP contribution in [0.15, 0.2) is 54.6 Å². The molecular formula is C21H25N. The summed E-state index contributed by atoms with van der Waals surface area (Å²) in [5.41, 5.74) is 5.99. The molecule has 0 fully saturated rings. The fourth-order valence-corrected chi connectivity index (χ4v) is 3.30. The molecule has 22 heavy (non-hydrogen) atoms. The first kappa shape index (κ1) is 15.1. The fraction of sp³-hybridized carbons (Fsp3) is 0.333. The zero-order valence-corrected chi connectivity index (χ0v) is 13.5. The van der Waals surface area contributed by atoms with E-state index < -0.39 is 0 Å². The van der Waals surface area contributed by atoms with Crippen LogP contribution >= 0.6 is 0 Å². The summed E-state index contributed by atoms with van der Waals surface area (Å²) >= 11 is 0. The molecule has 0 N–H and O–H groups in total. The van der Waals surface area contributed by atoms with Crippen LogP contribution in [-0.4, -0.2) is 18.5 Å². The van der Waals surface area contributed by atoms with E-state index in [4.69, 9.17) is 0 Å². The summed E-state index contributed by atoms with van der Waals surface area (Å²) < 4.78 is 0. The number of hydrogen-bond donors (Lipinski definition) is 0. The summed E-state index contributed by atoms with van der Waals surface area (Å²) in [7, 11) is 2.21. The van der Waals surface area contributed by atoms with Crippen molar-refractivity contribution in [1.82, 2.24) is 4.90 Å². The van der Waals surface area contributed by atoms with Gasteiger partial charge in [-0.05, 0) is 55.0 Å². The van der Waals surface area contributed by atoms with Crippen molar-refractivity contribution in [3.05, 3.63) is 76.9 Å². The minimum atomic E-state index is 0.985. The third-order valence-electron chi connectivity index (χ3n) is 4.46. The molecule has 0 spiro atoms. The van der Waals surface area contributed by atoms with Crippen molar-refractivity contribution < 1.29 is 0 Å². The van der Waals surface area contributed by atoms with Crippen molar-refractivity contribution >= 4 is 6.08 Å². The summed E-state index contributed by atoms with van der Waals surface area (Å²) in [6, 6.07) is 17.4. The van der Waals surface area contributed by atoms with Gasteiger partial charge in [0, 0.05) is 13.1 Å². The molecule has 0 atom stereocenters. The molecule has 2 aromatic rings. The molecule has 0 unspecified atom stereocenters. The van der Waals surface area contributed by atoms with E-state index in [-0.39, 0.29) is 0 Å². The van der Waals surface area contributed by atoms with E-state index in [1.165, 1.54) is 36.8 Å². The van der Waals surface area contributed by atoms with Crippen molar-refractivity contribution in [2.45, 2.75) is 32.2 Å². The smallest absolute Gasteiger partial charge is 0.0236 e. The molecule has 3 rings (SSSR count). The number of rotatable bonds is 5. The van der Waals surface area contributed by atoms with Crippen LogP contribution in [-0.2, 0) is 19.4 Å². The monoisotopic (exact) mass is 291 g/mol. The Kier molecular flexibility index (Phi) is 5.07. The van der Waals surface area contributed by atoms with Crippen molar-refractivity contribution in [2.75, 3.05) is 13.6 Å². The lowest BCUT2D eigenvalue weighted by Gasteiger charge is -2.22. The molecule has 0 radical (unpaired) electrons. The van der Waals surface area contributed by atoms with Gasteiger partial charge in [-0.15, -0.1) is 0 Å². The maximum Gasteiger partial charge on any atom is 0.0236 e. The molecule has 1 heteroatoms. The van der Waals surface area contributed by atoms with Gasteiger partial charge in [-0.25, -0.2) is 0 Å². The standard InChI is InChI=1S/C21H25N/c1-22(16-8-11-18-9-3-2-4-10-18)17-20-14-7-13-19-12-5-6-15-21(19)20/h2-4,7-11,13-14H,5-6,12,15-17H2,1H3/b11-8+. The second-order valence-corrected chi connectivity index (χ2v) is 6.27. The van der Waals surface area contributed by atoms with Crippen molar-refractivity contribution in [3.63, 3.8) is 0 Å². The lowest BCUT2D eigenvalue weighted by molar-refractivity contribution is 0.362. The Labute approximate surface area is 134 Å². The van der Waals surface area contributed by atoms with E-state index in [0.717, 1.165) is 13.1 Å². The second kappa shape index (κ2) is 7.42. The van der Waals surface area contributed by atoms with Gasteiger partial charge in [-0.3, -0.25) is 4.90 Å². The highest BCUT2D eigenvalue weighted by Crippen LogP contribution is 2.25. The Morgan fingerprint density at radius 2 is 1.77 bits per heavy atom. The lowest BCUT2D eigenvalue weighted by Crippen LogP contribution is -2.19. The minimum absolute atomic E-state index is 0.985. The predicted molar refractivity (Wildman–Crippen MR) is 94.9 cm³/mol. The van der Waals surface area contributed by atoms with Gasteiger partial charge >= 0.3 is 0 Å². The van der Waals surface area contributed by atoms with Crippen LogP contribution in [0.5, 0.6) is 0 Å². The topological polar surface area (TPSA) is 3.24 Å². The van der Waals surface area contributed by atoms with E-state index in [2.05, 4.69) is 72.6 Å². The zero-order valence-electron chi connectivity index (χ0n) is 13.5. The average Bonchev–Trinajstić information content (AvgIpc) is 2.56. The van der Waals surface area contributed by atoms with Gasteiger partial charge in [0.05, 0.1) is 0 Å². The minimum Gasteiger partial charge on any atom is -0.298 e. The normalized spacial score (nSPS) is 14.5. The van der Waals surface area contributed by atoms with Gasteiger partial charge in [-0.2, -0.15) is 0 Å². The van der Waals surface area contributed by atoms with Crippen LogP contribution in [0.1, 0.15) is 35.1 Å². The number of nitrogens with zero attached hydrogens (tertiary/aromatic N) is 1. The van der Waals surface area contributed by atoms with E-state index in [9.17, 15) is 0 Å². The number of aryl methyl sites for hydroxylation is 1.